The van der Waals surface area contributed by atoms with Gasteiger partial charge in [-0.15, -0.1) is 0 Å². The van der Waals surface area contributed by atoms with E-state index in [0.717, 1.165) is 10.8 Å². The molecule has 1 unspecified atom stereocenters. The molecule has 0 spiro atoms. The van der Waals surface area contributed by atoms with E-state index < -0.39 is 6.10 Å². The van der Waals surface area contributed by atoms with Crippen LogP contribution in [0, 0.1) is 0 Å². The molecule has 1 aromatic carbocycles. The van der Waals surface area contributed by atoms with Gasteiger partial charge in [-0.1, -0.05) is 24.3 Å². The largest absolute Gasteiger partial charge is 0.389 e. The summed E-state index contributed by atoms with van der Waals surface area (Å²) in [6.07, 6.45) is 2.53. The molecule has 1 heterocycles. The van der Waals surface area contributed by atoms with Crippen molar-refractivity contribution >= 4 is 16.7 Å². The molecule has 100 valence electrons. The molecule has 0 aliphatic carbocycles. The van der Waals surface area contributed by atoms with E-state index in [1.807, 2.05) is 24.3 Å². The Hall–Kier alpha value is -1.98. The molecule has 2 aromatic rings. The normalized spacial score (nSPS) is 12.3. The van der Waals surface area contributed by atoms with Crippen LogP contribution < -0.4 is 5.32 Å². The van der Waals surface area contributed by atoms with Crippen LogP contribution in [0.4, 0.5) is 0 Å². The van der Waals surface area contributed by atoms with Gasteiger partial charge in [-0.2, -0.15) is 0 Å². The Morgan fingerprint density at radius 1 is 1.42 bits per heavy atom. The summed E-state index contributed by atoms with van der Waals surface area (Å²) in [5.74, 6) is -0.251. The molecule has 0 bridgehead atoms. The number of methoxy groups -OCH3 is 1. The van der Waals surface area contributed by atoms with Crippen molar-refractivity contribution in [1.29, 1.82) is 0 Å². The number of aromatic nitrogens is 1. The fraction of sp³-hybridized carbons (Fsp3) is 0.286. The first-order chi connectivity index (χ1) is 9.22. The van der Waals surface area contributed by atoms with Gasteiger partial charge in [-0.25, -0.2) is 0 Å². The van der Waals surface area contributed by atoms with Crippen LogP contribution in [0.15, 0.2) is 36.7 Å². The molecule has 0 aliphatic rings. The van der Waals surface area contributed by atoms with Crippen LogP contribution in [0.2, 0.25) is 0 Å². The monoisotopic (exact) mass is 260 g/mol. The van der Waals surface area contributed by atoms with Crippen molar-refractivity contribution in [2.24, 2.45) is 0 Å². The number of ether oxygens (including phenoxy) is 1. The zero-order chi connectivity index (χ0) is 13.7. The molecule has 2 rings (SSSR count). The molecule has 19 heavy (non-hydrogen) atoms. The van der Waals surface area contributed by atoms with Crippen LogP contribution in [0.5, 0.6) is 0 Å². The topological polar surface area (TPSA) is 71.5 Å². The number of carbonyl (C=O) groups is 1. The third kappa shape index (κ3) is 3.27. The molecular weight excluding hydrogens is 244 g/mol. The van der Waals surface area contributed by atoms with Gasteiger partial charge in [-0.05, 0) is 5.39 Å². The van der Waals surface area contributed by atoms with Crippen molar-refractivity contribution in [2.45, 2.75) is 6.10 Å². The molecule has 5 heteroatoms. The maximum Gasteiger partial charge on any atom is 0.253 e. The van der Waals surface area contributed by atoms with Gasteiger partial charge in [0.1, 0.15) is 0 Å². The van der Waals surface area contributed by atoms with Gasteiger partial charge in [0.05, 0.1) is 18.3 Å². The van der Waals surface area contributed by atoms with Gasteiger partial charge in [-0.3, -0.25) is 9.78 Å². The number of carbonyl (C=O) groups excluding carboxylic acids is 1. The first-order valence-corrected chi connectivity index (χ1v) is 6.00. The molecule has 1 aromatic heterocycles. The number of nitrogens with one attached hydrogen (secondary N) is 1. The number of aliphatic hydroxyl groups excluding tert-OH is 1. The Kier molecular flexibility index (Phi) is 4.43. The minimum atomic E-state index is -0.711. The highest BCUT2D eigenvalue weighted by molar-refractivity contribution is 6.06. The maximum absolute atomic E-state index is 12.1. The van der Waals surface area contributed by atoms with Crippen molar-refractivity contribution in [3.8, 4) is 0 Å². The number of aliphatic hydroxyl groups is 1. The molecule has 1 amide bonds. The Bertz CT molecular complexity index is 566. The number of amides is 1. The summed E-state index contributed by atoms with van der Waals surface area (Å²) >= 11 is 0. The lowest BCUT2D eigenvalue weighted by Gasteiger charge is -2.11. The molecule has 0 fully saturated rings. The second-order valence-electron chi connectivity index (χ2n) is 4.23. The molecule has 0 aliphatic heterocycles. The number of rotatable bonds is 5. The highest BCUT2D eigenvalue weighted by Gasteiger charge is 2.11. The third-order valence-electron chi connectivity index (χ3n) is 2.77. The Balaban J connectivity index is 2.13. The molecule has 2 N–H and O–H groups in total. The van der Waals surface area contributed by atoms with Gasteiger partial charge in [0, 0.05) is 31.4 Å². The lowest BCUT2D eigenvalue weighted by atomic mass is 10.1. The lowest BCUT2D eigenvalue weighted by molar-refractivity contribution is 0.0610. The number of benzene rings is 1. The van der Waals surface area contributed by atoms with E-state index in [9.17, 15) is 9.90 Å². The van der Waals surface area contributed by atoms with Crippen LogP contribution in [0.25, 0.3) is 10.8 Å². The van der Waals surface area contributed by atoms with E-state index in [1.165, 1.54) is 13.3 Å². The quantitative estimate of drug-likeness (QED) is 0.840. The molecule has 5 nitrogen and oxygen atoms in total. The predicted octanol–water partition coefficient (Wildman–Crippen LogP) is 0.972. The van der Waals surface area contributed by atoms with Crippen molar-refractivity contribution in [3.05, 3.63) is 42.2 Å². The van der Waals surface area contributed by atoms with E-state index in [2.05, 4.69) is 10.3 Å². The van der Waals surface area contributed by atoms with E-state index in [1.54, 1.807) is 6.20 Å². The van der Waals surface area contributed by atoms with Crippen LogP contribution >= 0.6 is 0 Å². The van der Waals surface area contributed by atoms with E-state index in [-0.39, 0.29) is 19.1 Å². The molecule has 0 saturated heterocycles. The van der Waals surface area contributed by atoms with Gasteiger partial charge in [0.15, 0.2) is 0 Å². The van der Waals surface area contributed by atoms with Gasteiger partial charge < -0.3 is 15.2 Å². The number of fused-ring (bicyclic) bond motifs is 1. The second kappa shape index (κ2) is 6.26. The maximum atomic E-state index is 12.1. The zero-order valence-corrected chi connectivity index (χ0v) is 10.7. The fourth-order valence-electron chi connectivity index (χ4n) is 1.85. The van der Waals surface area contributed by atoms with Crippen molar-refractivity contribution < 1.29 is 14.6 Å². The molecule has 0 saturated carbocycles. The summed E-state index contributed by atoms with van der Waals surface area (Å²) in [5.41, 5.74) is 0.503. The summed E-state index contributed by atoms with van der Waals surface area (Å²) in [6.45, 7) is 0.337. The van der Waals surface area contributed by atoms with Crippen LogP contribution in [-0.4, -0.2) is 42.4 Å². The van der Waals surface area contributed by atoms with Crippen molar-refractivity contribution in [3.63, 3.8) is 0 Å². The lowest BCUT2D eigenvalue weighted by Crippen LogP contribution is -2.34. The minimum Gasteiger partial charge on any atom is -0.389 e. The van der Waals surface area contributed by atoms with Crippen molar-refractivity contribution in [1.82, 2.24) is 10.3 Å². The number of hydrogen-bond acceptors (Lipinski definition) is 4. The molecule has 0 radical (unpaired) electrons. The van der Waals surface area contributed by atoms with Crippen LogP contribution in [0.3, 0.4) is 0 Å². The van der Waals surface area contributed by atoms with Gasteiger partial charge >= 0.3 is 0 Å². The Morgan fingerprint density at radius 2 is 2.21 bits per heavy atom. The first-order valence-electron chi connectivity index (χ1n) is 6.00. The van der Waals surface area contributed by atoms with E-state index in [4.69, 9.17) is 4.74 Å². The standard InChI is InChI=1S/C14H16N2O3/c1-19-9-11(17)7-16-14(18)13-8-15-6-10-4-2-3-5-12(10)13/h2-6,8,11,17H,7,9H2,1H3,(H,16,18). The van der Waals surface area contributed by atoms with Crippen LogP contribution in [0.1, 0.15) is 10.4 Å². The number of hydrogen-bond donors (Lipinski definition) is 2. The van der Waals surface area contributed by atoms with E-state index in [0.29, 0.717) is 5.56 Å². The Labute approximate surface area is 111 Å². The Morgan fingerprint density at radius 3 is 3.00 bits per heavy atom. The SMILES string of the molecule is COCC(O)CNC(=O)c1cncc2ccccc12. The number of nitrogens with zero attached hydrogens (tertiary/aromatic N) is 1. The average molecular weight is 260 g/mol. The second-order valence-corrected chi connectivity index (χ2v) is 4.23. The smallest absolute Gasteiger partial charge is 0.253 e. The van der Waals surface area contributed by atoms with Crippen LogP contribution in [-0.2, 0) is 4.74 Å². The fourth-order valence-corrected chi connectivity index (χ4v) is 1.85. The first kappa shape index (κ1) is 13.5. The summed E-state index contributed by atoms with van der Waals surface area (Å²) in [5, 5.41) is 13.9. The van der Waals surface area contributed by atoms with Gasteiger partial charge in [0.25, 0.3) is 5.91 Å². The highest BCUT2D eigenvalue weighted by atomic mass is 16.5. The highest BCUT2D eigenvalue weighted by Crippen LogP contribution is 2.16. The van der Waals surface area contributed by atoms with Gasteiger partial charge in [0.2, 0.25) is 0 Å². The minimum absolute atomic E-state index is 0.149. The number of pyridine rings is 1. The summed E-state index contributed by atoms with van der Waals surface area (Å²) in [7, 11) is 1.50. The predicted molar refractivity (Wildman–Crippen MR) is 72.0 cm³/mol. The van der Waals surface area contributed by atoms with E-state index >= 15 is 0 Å². The summed E-state index contributed by atoms with van der Waals surface area (Å²) in [4.78, 5) is 16.1. The zero-order valence-electron chi connectivity index (χ0n) is 10.7. The molecular formula is C14H16N2O3. The average Bonchev–Trinajstić information content (AvgIpc) is 2.44. The summed E-state index contributed by atoms with van der Waals surface area (Å²) < 4.78 is 4.80. The summed E-state index contributed by atoms with van der Waals surface area (Å²) in [6, 6.07) is 7.54. The van der Waals surface area contributed by atoms with Crippen molar-refractivity contribution in [2.75, 3.05) is 20.3 Å². The molecule has 1 atom stereocenters. The third-order valence-corrected chi connectivity index (χ3v) is 2.77.